The van der Waals surface area contributed by atoms with Crippen LogP contribution in [-0.2, 0) is 9.53 Å². The van der Waals surface area contributed by atoms with E-state index in [4.69, 9.17) is 0 Å². The van der Waals surface area contributed by atoms with Gasteiger partial charge in [-0.2, -0.15) is 8.78 Å². The number of hydrogen-bond acceptors (Lipinski definition) is 4. The second-order valence-electron chi connectivity index (χ2n) is 3.46. The summed E-state index contributed by atoms with van der Waals surface area (Å²) in [6.07, 6.45) is 0. The van der Waals surface area contributed by atoms with E-state index in [0.29, 0.717) is 0 Å². The number of alkyl halides is 2. The molecule has 0 spiro atoms. The molecule has 0 heterocycles. The normalized spacial score (nSPS) is 11.2. The number of thioether (sulfide) groups is 1. The third-order valence-corrected chi connectivity index (χ3v) is 3.00. The van der Waals surface area contributed by atoms with E-state index in [0.717, 1.165) is 12.1 Å². The maximum Gasteiger partial charge on any atom is 0.389 e. The van der Waals surface area contributed by atoms with Gasteiger partial charge < -0.3 is 4.74 Å². The van der Waals surface area contributed by atoms with Crippen molar-refractivity contribution in [1.82, 2.24) is 0 Å². The van der Waals surface area contributed by atoms with Gasteiger partial charge in [0.2, 0.25) is 0 Å². The third-order valence-electron chi connectivity index (χ3n) is 2.06. The molecule has 0 radical (unpaired) electrons. The molecule has 1 aromatic rings. The Morgan fingerprint density at radius 2 is 1.84 bits per heavy atom. The molecule has 0 unspecified atom stereocenters. The minimum Gasteiger partial charge on any atom is -0.461 e. The van der Waals surface area contributed by atoms with Crippen molar-refractivity contribution in [2.45, 2.75) is 12.2 Å². The zero-order valence-electron chi connectivity index (χ0n) is 9.99. The Hall–Kier alpha value is -1.50. The lowest BCUT2D eigenvalue weighted by Crippen LogP contribution is -2.28. The molecule has 0 N–H and O–H groups in total. The van der Waals surface area contributed by atoms with Crippen LogP contribution >= 0.6 is 11.8 Å². The van der Waals surface area contributed by atoms with Gasteiger partial charge in [0.05, 0.1) is 12.4 Å². The highest BCUT2D eigenvalue weighted by Gasteiger charge is 2.41. The fraction of sp³-hybridized carbons (Fsp3) is 0.333. The van der Waals surface area contributed by atoms with Crippen molar-refractivity contribution in [1.29, 1.82) is 0 Å². The molecule has 0 fully saturated rings. The lowest BCUT2D eigenvalue weighted by Gasteiger charge is -2.13. The first-order valence-electron chi connectivity index (χ1n) is 5.34. The smallest absolute Gasteiger partial charge is 0.389 e. The zero-order chi connectivity index (χ0) is 14.5. The standard InChI is InChI=1S/C12H11F3O3S/c1-2-18-11(17)12(14,15)19-7-10(16)8-3-5-9(13)6-4-8/h3-6H,2,7H2,1H3. The van der Waals surface area contributed by atoms with Crippen molar-refractivity contribution in [3.05, 3.63) is 35.6 Å². The van der Waals surface area contributed by atoms with Crippen LogP contribution in [0.4, 0.5) is 13.2 Å². The molecule has 1 aromatic carbocycles. The summed E-state index contributed by atoms with van der Waals surface area (Å²) in [4.78, 5) is 22.5. The molecule has 0 atom stereocenters. The van der Waals surface area contributed by atoms with Gasteiger partial charge in [-0.05, 0) is 31.2 Å². The van der Waals surface area contributed by atoms with E-state index in [1.54, 1.807) is 0 Å². The first-order chi connectivity index (χ1) is 8.86. The second kappa shape index (κ2) is 6.60. The first kappa shape index (κ1) is 15.6. The van der Waals surface area contributed by atoms with Gasteiger partial charge in [-0.15, -0.1) is 0 Å². The van der Waals surface area contributed by atoms with Crippen LogP contribution in [0.2, 0.25) is 0 Å². The van der Waals surface area contributed by atoms with Gasteiger partial charge >= 0.3 is 11.2 Å². The van der Waals surface area contributed by atoms with Gasteiger partial charge in [-0.3, -0.25) is 4.79 Å². The monoisotopic (exact) mass is 292 g/mol. The molecule has 0 aliphatic rings. The van der Waals surface area contributed by atoms with Crippen LogP contribution in [0.15, 0.2) is 24.3 Å². The van der Waals surface area contributed by atoms with Gasteiger partial charge in [0, 0.05) is 5.56 Å². The molecule has 0 bridgehead atoms. The summed E-state index contributed by atoms with van der Waals surface area (Å²) in [7, 11) is 0. The van der Waals surface area contributed by atoms with Crippen LogP contribution < -0.4 is 0 Å². The zero-order valence-corrected chi connectivity index (χ0v) is 10.8. The second-order valence-corrected chi connectivity index (χ2v) is 4.55. The van der Waals surface area contributed by atoms with E-state index in [-0.39, 0.29) is 23.9 Å². The predicted octanol–water partition coefficient (Wildman–Crippen LogP) is 2.90. The van der Waals surface area contributed by atoms with Crippen LogP contribution in [0.3, 0.4) is 0 Å². The summed E-state index contributed by atoms with van der Waals surface area (Å²) in [5.74, 6) is -3.42. The van der Waals surface area contributed by atoms with E-state index in [2.05, 4.69) is 4.74 Å². The van der Waals surface area contributed by atoms with E-state index in [1.165, 1.54) is 19.1 Å². The molecule has 0 aliphatic carbocycles. The Morgan fingerprint density at radius 3 is 2.37 bits per heavy atom. The summed E-state index contributed by atoms with van der Waals surface area (Å²) in [5, 5.41) is -3.77. The number of halogens is 3. The first-order valence-corrected chi connectivity index (χ1v) is 6.33. The quantitative estimate of drug-likeness (QED) is 0.597. The molecular weight excluding hydrogens is 281 g/mol. The van der Waals surface area contributed by atoms with E-state index < -0.39 is 28.6 Å². The molecule has 1 rings (SSSR count). The molecular formula is C12H11F3O3S. The van der Waals surface area contributed by atoms with Crippen molar-refractivity contribution in [2.75, 3.05) is 12.4 Å². The molecule has 0 aliphatic heterocycles. The maximum absolute atomic E-state index is 13.2. The SMILES string of the molecule is CCOC(=O)C(F)(F)SCC(=O)c1ccc(F)cc1. The summed E-state index contributed by atoms with van der Waals surface area (Å²) in [6.45, 7) is 1.24. The Kier molecular flexibility index (Phi) is 5.41. The average molecular weight is 292 g/mol. The topological polar surface area (TPSA) is 43.4 Å². The van der Waals surface area contributed by atoms with Crippen molar-refractivity contribution >= 4 is 23.5 Å². The molecule has 0 saturated heterocycles. The van der Waals surface area contributed by atoms with Crippen molar-refractivity contribution in [2.24, 2.45) is 0 Å². The van der Waals surface area contributed by atoms with Gasteiger partial charge in [0.25, 0.3) is 0 Å². The molecule has 0 aromatic heterocycles. The van der Waals surface area contributed by atoms with Gasteiger partial charge in [0.1, 0.15) is 5.82 Å². The minimum atomic E-state index is -3.77. The highest BCUT2D eigenvalue weighted by atomic mass is 32.2. The minimum absolute atomic E-state index is 0.105. The van der Waals surface area contributed by atoms with E-state index in [9.17, 15) is 22.8 Å². The van der Waals surface area contributed by atoms with Crippen molar-refractivity contribution in [3.63, 3.8) is 0 Å². The summed E-state index contributed by atoms with van der Waals surface area (Å²) >= 11 is -0.117. The number of rotatable bonds is 6. The molecule has 7 heteroatoms. The molecule has 0 amide bonds. The average Bonchev–Trinajstić information content (AvgIpc) is 2.37. The molecule has 0 saturated carbocycles. The fourth-order valence-electron chi connectivity index (χ4n) is 1.15. The number of esters is 1. The molecule has 3 nitrogen and oxygen atoms in total. The van der Waals surface area contributed by atoms with Crippen molar-refractivity contribution in [3.8, 4) is 0 Å². The molecule has 19 heavy (non-hydrogen) atoms. The van der Waals surface area contributed by atoms with Gasteiger partial charge in [-0.25, -0.2) is 9.18 Å². The highest BCUT2D eigenvalue weighted by Crippen LogP contribution is 2.31. The van der Waals surface area contributed by atoms with Crippen LogP contribution in [0.25, 0.3) is 0 Å². The van der Waals surface area contributed by atoms with Crippen LogP contribution in [0, 0.1) is 5.82 Å². The lowest BCUT2D eigenvalue weighted by atomic mass is 10.1. The number of Topliss-reactive ketones (excluding diaryl/α,β-unsaturated/α-hetero) is 1. The Morgan fingerprint density at radius 1 is 1.26 bits per heavy atom. The Labute approximate surface area is 112 Å². The Balaban J connectivity index is 2.58. The summed E-state index contributed by atoms with van der Waals surface area (Å²) in [6, 6.07) is 4.50. The predicted molar refractivity (Wildman–Crippen MR) is 64.8 cm³/mol. The van der Waals surface area contributed by atoms with Crippen LogP contribution in [-0.4, -0.2) is 29.4 Å². The number of carbonyl (C=O) groups excluding carboxylic acids is 2. The third kappa shape index (κ3) is 4.59. The van der Waals surface area contributed by atoms with Crippen LogP contribution in [0.1, 0.15) is 17.3 Å². The van der Waals surface area contributed by atoms with Crippen molar-refractivity contribution < 1.29 is 27.5 Å². The number of benzene rings is 1. The lowest BCUT2D eigenvalue weighted by molar-refractivity contribution is -0.159. The maximum atomic E-state index is 13.2. The summed E-state index contributed by atoms with van der Waals surface area (Å²) in [5.41, 5.74) is 0.105. The largest absolute Gasteiger partial charge is 0.461 e. The van der Waals surface area contributed by atoms with E-state index >= 15 is 0 Å². The fourth-order valence-corrected chi connectivity index (χ4v) is 1.81. The summed E-state index contributed by atoms with van der Waals surface area (Å²) < 4.78 is 43.2. The number of ether oxygens (including phenoxy) is 1. The molecule has 104 valence electrons. The number of carbonyl (C=O) groups is 2. The van der Waals surface area contributed by atoms with Crippen LogP contribution in [0.5, 0.6) is 0 Å². The van der Waals surface area contributed by atoms with E-state index in [1.807, 2.05) is 0 Å². The Bertz CT molecular complexity index is 460. The number of hydrogen-bond donors (Lipinski definition) is 0. The number of ketones is 1. The van der Waals surface area contributed by atoms with Gasteiger partial charge in [-0.1, -0.05) is 11.8 Å². The highest BCUT2D eigenvalue weighted by molar-refractivity contribution is 8.01. The van der Waals surface area contributed by atoms with Gasteiger partial charge in [0.15, 0.2) is 5.78 Å².